The molecule has 7 heteroatoms. The number of hydrogen-bond donors (Lipinski definition) is 2. The molecular formula is C24H25N3O4. The number of benzene rings is 2. The maximum absolute atomic E-state index is 13.2. The van der Waals surface area contributed by atoms with Crippen LogP contribution < -0.4 is 16.0 Å². The van der Waals surface area contributed by atoms with E-state index in [1.165, 1.54) is 13.0 Å². The summed E-state index contributed by atoms with van der Waals surface area (Å²) in [6.45, 7) is 1.92. The molecule has 3 N–H and O–H groups in total. The van der Waals surface area contributed by atoms with Crippen molar-refractivity contribution in [3.63, 3.8) is 0 Å². The number of anilines is 2. The molecule has 0 aromatic heterocycles. The lowest BCUT2D eigenvalue weighted by molar-refractivity contribution is -0.118. The Labute approximate surface area is 180 Å². The number of unbranched alkanes of at least 4 members (excludes halogenated alkanes) is 2. The first kappa shape index (κ1) is 22.0. The highest BCUT2D eigenvalue weighted by Crippen LogP contribution is 2.29. The average Bonchev–Trinajstić information content (AvgIpc) is 2.74. The number of ketones is 2. The van der Waals surface area contributed by atoms with Gasteiger partial charge in [-0.15, -0.1) is 0 Å². The zero-order valence-corrected chi connectivity index (χ0v) is 17.4. The number of rotatable bonds is 9. The van der Waals surface area contributed by atoms with Gasteiger partial charge in [0.05, 0.1) is 5.70 Å². The van der Waals surface area contributed by atoms with Crippen molar-refractivity contribution in [2.24, 2.45) is 5.73 Å². The Morgan fingerprint density at radius 2 is 1.61 bits per heavy atom. The Balaban J connectivity index is 1.87. The van der Waals surface area contributed by atoms with E-state index in [0.29, 0.717) is 48.3 Å². The van der Waals surface area contributed by atoms with Gasteiger partial charge in [0.1, 0.15) is 0 Å². The van der Waals surface area contributed by atoms with Crippen molar-refractivity contribution in [2.75, 3.05) is 16.8 Å². The second-order valence-corrected chi connectivity index (χ2v) is 7.43. The summed E-state index contributed by atoms with van der Waals surface area (Å²) in [5, 5.41) is 2.71. The van der Waals surface area contributed by atoms with Gasteiger partial charge in [0.15, 0.2) is 5.78 Å². The zero-order valence-electron chi connectivity index (χ0n) is 17.4. The molecule has 0 fully saturated rings. The van der Waals surface area contributed by atoms with E-state index in [9.17, 15) is 19.2 Å². The van der Waals surface area contributed by atoms with Gasteiger partial charge in [-0.3, -0.25) is 19.2 Å². The number of fused-ring (bicyclic) bond motifs is 1. The predicted octanol–water partition coefficient (Wildman–Crippen LogP) is 3.46. The summed E-state index contributed by atoms with van der Waals surface area (Å²) in [4.78, 5) is 49.9. The summed E-state index contributed by atoms with van der Waals surface area (Å²) in [5.41, 5.74) is 7.67. The van der Waals surface area contributed by atoms with Crippen molar-refractivity contribution < 1.29 is 19.2 Å². The number of Topliss-reactive ketones (excluding diaryl/α,β-unsaturated/α-hetero) is 1. The molecule has 1 aliphatic carbocycles. The monoisotopic (exact) mass is 419 g/mol. The Kier molecular flexibility index (Phi) is 6.97. The summed E-state index contributed by atoms with van der Waals surface area (Å²) >= 11 is 0. The smallest absolute Gasteiger partial charge is 0.221 e. The normalized spacial score (nSPS) is 12.7. The first-order valence-electron chi connectivity index (χ1n) is 10.2. The van der Waals surface area contributed by atoms with Crippen LogP contribution in [0.15, 0.2) is 60.3 Å². The SMILES string of the molecule is CC(=O)Nc1ccc(N(CCCCCC(N)=O)C2=CC(=O)c3ccccc3C2=O)cc1. The Morgan fingerprint density at radius 1 is 0.935 bits per heavy atom. The lowest BCUT2D eigenvalue weighted by atomic mass is 9.92. The van der Waals surface area contributed by atoms with Crippen molar-refractivity contribution >= 4 is 34.8 Å². The number of hydrogen-bond acceptors (Lipinski definition) is 5. The number of amides is 2. The molecule has 1 aliphatic rings. The second-order valence-electron chi connectivity index (χ2n) is 7.43. The minimum absolute atomic E-state index is 0.175. The first-order chi connectivity index (χ1) is 14.9. The minimum Gasteiger partial charge on any atom is -0.370 e. The Morgan fingerprint density at radius 3 is 2.26 bits per heavy atom. The number of nitrogens with two attached hydrogens (primary N) is 1. The lowest BCUT2D eigenvalue weighted by Crippen LogP contribution is -2.32. The van der Waals surface area contributed by atoms with Crippen molar-refractivity contribution in [3.8, 4) is 0 Å². The van der Waals surface area contributed by atoms with Crippen LogP contribution in [0.25, 0.3) is 0 Å². The highest BCUT2D eigenvalue weighted by atomic mass is 16.2. The summed E-state index contributed by atoms with van der Waals surface area (Å²) in [7, 11) is 0. The molecule has 0 radical (unpaired) electrons. The van der Waals surface area contributed by atoms with Crippen LogP contribution >= 0.6 is 0 Å². The van der Waals surface area contributed by atoms with Crippen LogP contribution in [0, 0.1) is 0 Å². The van der Waals surface area contributed by atoms with Crippen molar-refractivity contribution in [2.45, 2.75) is 32.6 Å². The molecule has 0 unspecified atom stereocenters. The number of nitrogens with one attached hydrogen (secondary N) is 1. The molecular weight excluding hydrogens is 394 g/mol. The van der Waals surface area contributed by atoms with Gasteiger partial charge >= 0.3 is 0 Å². The third-order valence-corrected chi connectivity index (χ3v) is 5.03. The van der Waals surface area contributed by atoms with Gasteiger partial charge in [0, 0.05) is 48.5 Å². The summed E-state index contributed by atoms with van der Waals surface area (Å²) in [6, 6.07) is 13.9. The van der Waals surface area contributed by atoms with Crippen LogP contribution in [-0.2, 0) is 9.59 Å². The zero-order chi connectivity index (χ0) is 22.4. The van der Waals surface area contributed by atoms with Crippen LogP contribution in [0.5, 0.6) is 0 Å². The molecule has 0 saturated carbocycles. The molecule has 2 aromatic rings. The highest BCUT2D eigenvalue weighted by molar-refractivity contribution is 6.25. The van der Waals surface area contributed by atoms with Crippen molar-refractivity contribution in [1.82, 2.24) is 0 Å². The average molecular weight is 419 g/mol. The Bertz CT molecular complexity index is 1040. The van der Waals surface area contributed by atoms with E-state index in [-0.39, 0.29) is 23.4 Å². The molecule has 3 rings (SSSR count). The molecule has 0 atom stereocenters. The largest absolute Gasteiger partial charge is 0.370 e. The van der Waals surface area contributed by atoms with Crippen LogP contribution in [0.2, 0.25) is 0 Å². The van der Waals surface area contributed by atoms with Gasteiger partial charge in [0.25, 0.3) is 0 Å². The van der Waals surface area contributed by atoms with Crippen LogP contribution in [0.3, 0.4) is 0 Å². The van der Waals surface area contributed by atoms with Gasteiger partial charge < -0.3 is 16.0 Å². The molecule has 0 bridgehead atoms. The third kappa shape index (κ3) is 5.45. The first-order valence-corrected chi connectivity index (χ1v) is 10.2. The van der Waals surface area contributed by atoms with Crippen LogP contribution in [0.1, 0.15) is 53.3 Å². The molecule has 2 amide bonds. The van der Waals surface area contributed by atoms with Gasteiger partial charge in [-0.1, -0.05) is 30.7 Å². The molecule has 0 spiro atoms. The van der Waals surface area contributed by atoms with E-state index in [1.807, 2.05) is 4.90 Å². The standard InChI is InChI=1S/C24H25N3O4/c1-16(28)26-17-10-12-18(13-11-17)27(14-6-2-3-9-23(25)30)21-15-22(29)19-7-4-5-8-20(19)24(21)31/h4-5,7-8,10-13,15H,2-3,6,9,14H2,1H3,(H2,25,30)(H,26,28). The van der Waals surface area contributed by atoms with Gasteiger partial charge in [-0.25, -0.2) is 0 Å². The van der Waals surface area contributed by atoms with E-state index in [4.69, 9.17) is 5.73 Å². The van der Waals surface area contributed by atoms with Gasteiger partial charge in [-0.2, -0.15) is 0 Å². The number of primary amides is 1. The molecule has 7 nitrogen and oxygen atoms in total. The van der Waals surface area contributed by atoms with E-state index in [0.717, 1.165) is 12.1 Å². The molecule has 31 heavy (non-hydrogen) atoms. The van der Waals surface area contributed by atoms with E-state index in [2.05, 4.69) is 5.32 Å². The summed E-state index contributed by atoms with van der Waals surface area (Å²) in [5.74, 6) is -0.929. The third-order valence-electron chi connectivity index (χ3n) is 5.03. The second kappa shape index (κ2) is 9.84. The summed E-state index contributed by atoms with van der Waals surface area (Å²) in [6.07, 6.45) is 3.84. The maximum atomic E-state index is 13.2. The fraction of sp³-hybridized carbons (Fsp3) is 0.250. The molecule has 0 heterocycles. The molecule has 0 saturated heterocycles. The highest BCUT2D eigenvalue weighted by Gasteiger charge is 2.29. The number of carbonyl (C=O) groups is 4. The molecule has 0 aliphatic heterocycles. The number of carbonyl (C=O) groups excluding carboxylic acids is 4. The minimum atomic E-state index is -0.335. The quantitative estimate of drug-likeness (QED) is 0.605. The van der Waals surface area contributed by atoms with Gasteiger partial charge in [-0.05, 0) is 37.1 Å². The van der Waals surface area contributed by atoms with E-state index < -0.39 is 0 Å². The van der Waals surface area contributed by atoms with Crippen LogP contribution in [0.4, 0.5) is 11.4 Å². The van der Waals surface area contributed by atoms with E-state index >= 15 is 0 Å². The van der Waals surface area contributed by atoms with Crippen molar-refractivity contribution in [3.05, 3.63) is 71.4 Å². The molecule has 160 valence electrons. The fourth-order valence-electron chi connectivity index (χ4n) is 3.56. The fourth-order valence-corrected chi connectivity index (χ4v) is 3.56. The number of nitrogens with zero attached hydrogens (tertiary/aromatic N) is 1. The Hall–Kier alpha value is -3.74. The van der Waals surface area contributed by atoms with E-state index in [1.54, 1.807) is 48.5 Å². The van der Waals surface area contributed by atoms with Gasteiger partial charge in [0.2, 0.25) is 17.6 Å². The topological polar surface area (TPSA) is 110 Å². The summed E-state index contributed by atoms with van der Waals surface area (Å²) < 4.78 is 0. The van der Waals surface area contributed by atoms with Crippen molar-refractivity contribution in [1.29, 1.82) is 0 Å². The lowest BCUT2D eigenvalue weighted by Gasteiger charge is -2.29. The maximum Gasteiger partial charge on any atom is 0.221 e. The predicted molar refractivity (Wildman–Crippen MR) is 119 cm³/mol. The number of allylic oxidation sites excluding steroid dienone is 2. The molecule has 2 aromatic carbocycles. The van der Waals surface area contributed by atoms with Crippen LogP contribution in [-0.4, -0.2) is 29.9 Å².